The lowest BCUT2D eigenvalue weighted by atomic mass is 9.89. The third-order valence-electron chi connectivity index (χ3n) is 6.07. The molecule has 4 amide bonds. The molecule has 0 saturated heterocycles. The summed E-state index contributed by atoms with van der Waals surface area (Å²) in [6.07, 6.45) is 0.215. The van der Waals surface area contributed by atoms with Crippen molar-refractivity contribution in [3.05, 3.63) is 35.6 Å². The van der Waals surface area contributed by atoms with E-state index in [0.717, 1.165) is 12.1 Å². The average molecular weight is 522 g/mol. The normalized spacial score (nSPS) is 13.6. The fourth-order valence-corrected chi connectivity index (χ4v) is 3.85. The van der Waals surface area contributed by atoms with Crippen LogP contribution in [-0.4, -0.2) is 47.8 Å². The standard InChI is InChI=1S/C26H37FN4O6/c1-15(2)24(22(34)14-19(25(28)36)5-4-12-30-26(29)37)31-23(35)11-8-18(16(3)32)13-21(33)17-6-9-20(27)10-7-17/h6-7,9-10,15,18-19,24H,4-5,8,11-14H2,1-3H3,(H2,28,36)(H,31,35)(H3,29,30,37)/t18-,19-,24+/m1/s1/i/hD. The van der Waals surface area contributed by atoms with Crippen LogP contribution >= 0.6 is 0 Å². The molecule has 1 aromatic rings. The van der Waals surface area contributed by atoms with Crippen molar-refractivity contribution in [1.82, 2.24) is 10.6 Å². The first-order valence-corrected chi connectivity index (χ1v) is 12.2. The number of rotatable bonds is 17. The van der Waals surface area contributed by atoms with E-state index >= 15 is 0 Å². The van der Waals surface area contributed by atoms with Gasteiger partial charge in [-0.2, -0.15) is 0 Å². The smallest absolute Gasteiger partial charge is 0.312 e. The summed E-state index contributed by atoms with van der Waals surface area (Å²) in [7, 11) is 0. The van der Waals surface area contributed by atoms with Crippen molar-refractivity contribution in [2.75, 3.05) is 6.54 Å². The first-order valence-electron chi connectivity index (χ1n) is 12.7. The van der Waals surface area contributed by atoms with Crippen molar-refractivity contribution in [3.8, 4) is 0 Å². The first-order chi connectivity index (χ1) is 17.8. The number of primary amides is 2. The Morgan fingerprint density at radius 1 is 1.00 bits per heavy atom. The van der Waals surface area contributed by atoms with Crippen LogP contribution in [-0.2, 0) is 19.2 Å². The molecule has 3 atom stereocenters. The maximum atomic E-state index is 13.1. The van der Waals surface area contributed by atoms with Gasteiger partial charge in [0.25, 0.3) is 0 Å². The highest BCUT2D eigenvalue weighted by Crippen LogP contribution is 2.19. The van der Waals surface area contributed by atoms with Gasteiger partial charge in [-0.1, -0.05) is 13.8 Å². The number of ketones is 3. The van der Waals surface area contributed by atoms with Crippen molar-refractivity contribution >= 4 is 35.2 Å². The Labute approximate surface area is 217 Å². The molecule has 6 N–H and O–H groups in total. The minimum Gasteiger partial charge on any atom is -0.369 e. The lowest BCUT2D eigenvalue weighted by Gasteiger charge is -2.23. The fourth-order valence-electron chi connectivity index (χ4n) is 3.85. The minimum absolute atomic E-state index is 0.0871. The van der Waals surface area contributed by atoms with Crippen LogP contribution < -0.4 is 22.1 Å². The van der Waals surface area contributed by atoms with Gasteiger partial charge in [-0.05, 0) is 56.4 Å². The van der Waals surface area contributed by atoms with E-state index < -0.39 is 41.5 Å². The van der Waals surface area contributed by atoms with Crippen molar-refractivity contribution in [2.24, 2.45) is 29.2 Å². The zero-order chi connectivity index (χ0) is 28.8. The van der Waals surface area contributed by atoms with Gasteiger partial charge in [0, 0.05) is 43.2 Å². The molecule has 0 aliphatic rings. The van der Waals surface area contributed by atoms with Crippen LogP contribution in [0.4, 0.5) is 9.18 Å². The lowest BCUT2D eigenvalue weighted by Crippen LogP contribution is -2.45. The van der Waals surface area contributed by atoms with E-state index in [1.807, 2.05) is 0 Å². The summed E-state index contributed by atoms with van der Waals surface area (Å²) in [6.45, 7) is 5.01. The molecule has 11 heteroatoms. The number of urea groups is 1. The number of hydrogen-bond donors (Lipinski definition) is 4. The van der Waals surface area contributed by atoms with Gasteiger partial charge in [-0.3, -0.25) is 24.0 Å². The van der Waals surface area contributed by atoms with E-state index in [-0.39, 0.29) is 67.5 Å². The number of nitrogens with one attached hydrogen (secondary N) is 2. The molecule has 1 aromatic carbocycles. The molecule has 0 fully saturated rings. The van der Waals surface area contributed by atoms with Crippen LogP contribution in [0.1, 0.15) is 69.7 Å². The summed E-state index contributed by atoms with van der Waals surface area (Å²) >= 11 is 0. The van der Waals surface area contributed by atoms with Gasteiger partial charge >= 0.3 is 6.03 Å². The van der Waals surface area contributed by atoms with E-state index in [2.05, 4.69) is 10.6 Å². The molecule has 0 saturated carbocycles. The molecule has 0 spiro atoms. The molecular formula is C26H37FN4O6. The Morgan fingerprint density at radius 3 is 2.19 bits per heavy atom. The Bertz CT molecular complexity index is 1000. The molecule has 0 unspecified atom stereocenters. The van der Waals surface area contributed by atoms with E-state index in [1.165, 1.54) is 19.1 Å². The molecule has 204 valence electrons. The summed E-state index contributed by atoms with van der Waals surface area (Å²) in [5, 5.41) is 5.06. The molecule has 0 aliphatic carbocycles. The first kappa shape index (κ1) is 29.6. The van der Waals surface area contributed by atoms with Gasteiger partial charge in [0.15, 0.2) is 13.0 Å². The lowest BCUT2D eigenvalue weighted by molar-refractivity contribution is -0.131. The monoisotopic (exact) mass is 521 g/mol. The predicted octanol–water partition coefficient (Wildman–Crippen LogP) is 2.03. The van der Waals surface area contributed by atoms with Gasteiger partial charge in [-0.15, -0.1) is 0 Å². The SMILES string of the molecule is [2H]NC(=O)[C@H](CCCNC(N)=O)CC(=O)[C@@H](NC(=O)CC[C@H](CC(=O)c1ccc(F)cc1)C(C)=O)C(C)C. The van der Waals surface area contributed by atoms with Crippen LogP contribution in [0, 0.1) is 23.6 Å². The summed E-state index contributed by atoms with van der Waals surface area (Å²) in [6, 6.07) is 3.37. The van der Waals surface area contributed by atoms with Crippen LogP contribution in [0.15, 0.2) is 24.3 Å². The molecule has 37 heavy (non-hydrogen) atoms. The van der Waals surface area contributed by atoms with E-state index in [1.54, 1.807) is 19.6 Å². The van der Waals surface area contributed by atoms with Gasteiger partial charge in [0.05, 0.1) is 6.04 Å². The highest BCUT2D eigenvalue weighted by molar-refractivity contribution is 5.98. The van der Waals surface area contributed by atoms with Gasteiger partial charge in [0.2, 0.25) is 11.8 Å². The quantitative estimate of drug-likeness (QED) is 0.180. The van der Waals surface area contributed by atoms with Gasteiger partial charge in [0.1, 0.15) is 11.6 Å². The van der Waals surface area contributed by atoms with Gasteiger partial charge < -0.3 is 22.1 Å². The molecule has 0 heterocycles. The van der Waals surface area contributed by atoms with Crippen LogP contribution in [0.5, 0.6) is 0 Å². The maximum Gasteiger partial charge on any atom is 0.312 e. The van der Waals surface area contributed by atoms with Crippen molar-refractivity contribution in [1.29, 1.82) is 0 Å². The molecule has 0 radical (unpaired) electrons. The van der Waals surface area contributed by atoms with E-state index in [0.29, 0.717) is 6.42 Å². The number of Topliss-reactive ketones (excluding diaryl/α,β-unsaturated/α-hetero) is 3. The minimum atomic E-state index is -0.899. The Balaban J connectivity index is 2.74. The second kappa shape index (κ2) is 15.5. The molecular weight excluding hydrogens is 483 g/mol. The Hall–Kier alpha value is -3.63. The summed E-state index contributed by atoms with van der Waals surface area (Å²) < 4.78 is 20.3. The molecule has 0 aliphatic heterocycles. The highest BCUT2D eigenvalue weighted by Gasteiger charge is 2.29. The highest BCUT2D eigenvalue weighted by atomic mass is 19.1. The topological polar surface area (TPSA) is 179 Å². The molecule has 0 aromatic heterocycles. The number of carbonyl (C=O) groups excluding carboxylic acids is 6. The third-order valence-corrected chi connectivity index (χ3v) is 6.07. The number of nitrogens with two attached hydrogens (primary N) is 2. The van der Waals surface area contributed by atoms with E-state index in [9.17, 15) is 33.2 Å². The van der Waals surface area contributed by atoms with Crippen molar-refractivity contribution in [2.45, 2.75) is 65.3 Å². The Morgan fingerprint density at radius 2 is 1.65 bits per heavy atom. The third kappa shape index (κ3) is 11.8. The van der Waals surface area contributed by atoms with Crippen molar-refractivity contribution < 1.29 is 34.6 Å². The summed E-state index contributed by atoms with van der Waals surface area (Å²) in [4.78, 5) is 73.2. The molecule has 0 bridgehead atoms. The van der Waals surface area contributed by atoms with Crippen LogP contribution in [0.25, 0.3) is 0 Å². The largest absolute Gasteiger partial charge is 0.369 e. The fraction of sp³-hybridized carbons (Fsp3) is 0.538. The zero-order valence-corrected chi connectivity index (χ0v) is 21.5. The van der Waals surface area contributed by atoms with Crippen LogP contribution in [0.2, 0.25) is 1.41 Å². The van der Waals surface area contributed by atoms with E-state index in [4.69, 9.17) is 7.15 Å². The summed E-state index contributed by atoms with van der Waals surface area (Å²) in [5.74, 6) is -4.46. The number of hydrogen-bond acceptors (Lipinski definition) is 6. The molecule has 10 nitrogen and oxygen atoms in total. The number of halogens is 1. The summed E-state index contributed by atoms with van der Waals surface area (Å²) in [5.41, 5.74) is 7.06. The number of amides is 4. The maximum absolute atomic E-state index is 13.1. The molecule has 1 rings (SSSR count). The second-order valence-corrected chi connectivity index (χ2v) is 9.43. The van der Waals surface area contributed by atoms with Crippen molar-refractivity contribution in [3.63, 3.8) is 0 Å². The van der Waals surface area contributed by atoms with Gasteiger partial charge in [-0.25, -0.2) is 9.18 Å². The second-order valence-electron chi connectivity index (χ2n) is 9.43. The number of carbonyl (C=O) groups is 6. The van der Waals surface area contributed by atoms with Crippen LogP contribution in [0.3, 0.4) is 0 Å². The zero-order valence-electron chi connectivity index (χ0n) is 22.5. The average Bonchev–Trinajstić information content (AvgIpc) is 2.85. The Kier molecular flexibility index (Phi) is 12.4. The number of benzene rings is 1. The predicted molar refractivity (Wildman–Crippen MR) is 135 cm³/mol.